The fraction of sp³-hybridized carbons (Fsp3) is 0.800. The Hall–Kier alpha value is -1.49. The van der Waals surface area contributed by atoms with E-state index >= 15 is 0 Å². The van der Waals surface area contributed by atoms with Crippen LogP contribution in [0.25, 0.3) is 0 Å². The highest BCUT2D eigenvalue weighted by Crippen LogP contribution is 2.34. The maximum atomic E-state index is 12.9. The minimum atomic E-state index is -1.43. The van der Waals surface area contributed by atoms with Crippen LogP contribution >= 0.6 is 0 Å². The van der Waals surface area contributed by atoms with Gasteiger partial charge in [0.25, 0.3) is 0 Å². The summed E-state index contributed by atoms with van der Waals surface area (Å²) in [6.07, 6.45) is 2.41. The van der Waals surface area contributed by atoms with Gasteiger partial charge in [0.15, 0.2) is 12.0 Å². The number of aliphatic hydroxyl groups excluding tert-OH is 4. The molecule has 1 aromatic heterocycles. The van der Waals surface area contributed by atoms with Crippen molar-refractivity contribution in [2.24, 2.45) is 0 Å². The van der Waals surface area contributed by atoms with Gasteiger partial charge in [0.2, 0.25) is 5.43 Å². The average Bonchev–Trinajstić information content (AvgIpc) is 2.81. The van der Waals surface area contributed by atoms with E-state index in [4.69, 9.17) is 14.2 Å². The Bertz CT molecular complexity index is 841. The Kier molecular flexibility index (Phi) is 9.94. The summed E-state index contributed by atoms with van der Waals surface area (Å²) < 4.78 is 16.5. The Morgan fingerprint density at radius 2 is 1.85 bits per heavy atom. The lowest BCUT2D eigenvalue weighted by atomic mass is 9.81. The van der Waals surface area contributed by atoms with E-state index in [1.54, 1.807) is 7.11 Å². The van der Waals surface area contributed by atoms with Gasteiger partial charge in [-0.3, -0.25) is 4.79 Å². The fourth-order valence-corrected chi connectivity index (χ4v) is 5.27. The monoisotopic (exact) mass is 483 g/mol. The second-order valence-corrected chi connectivity index (χ2v) is 9.73. The third-order valence-electron chi connectivity index (χ3n) is 7.17. The van der Waals surface area contributed by atoms with Crippen LogP contribution < -0.4 is 10.2 Å². The minimum Gasteiger partial charge on any atom is -0.491 e. The number of ether oxygens (including phenoxy) is 3. The van der Waals surface area contributed by atoms with Crippen LogP contribution in [0, 0.1) is 6.92 Å². The van der Waals surface area contributed by atoms with E-state index in [1.807, 2.05) is 13.8 Å². The van der Waals surface area contributed by atoms with Gasteiger partial charge in [-0.05, 0) is 51.9 Å². The summed E-state index contributed by atoms with van der Waals surface area (Å²) in [5, 5.41) is 39.1. The van der Waals surface area contributed by atoms with Crippen molar-refractivity contribution in [3.05, 3.63) is 27.2 Å². The SMILES string of the molecule is COc1c(C)[nH]c2c(c1=O)[C@@H](CCCCCCC(C)O[C@@H]1O[C@H](CO)[C@@H](O)[C@H](O)[C@H]1O)CCC2. The Balaban J connectivity index is 1.40. The minimum absolute atomic E-state index is 0.0395. The molecule has 3 rings (SSSR count). The molecule has 1 saturated heterocycles. The summed E-state index contributed by atoms with van der Waals surface area (Å²) in [4.78, 5) is 16.3. The molecule has 0 aromatic carbocycles. The predicted molar refractivity (Wildman–Crippen MR) is 126 cm³/mol. The van der Waals surface area contributed by atoms with Crippen LogP contribution in [-0.2, 0) is 15.9 Å². The fourth-order valence-electron chi connectivity index (χ4n) is 5.27. The molecule has 34 heavy (non-hydrogen) atoms. The second kappa shape index (κ2) is 12.5. The number of nitrogens with one attached hydrogen (secondary N) is 1. The molecule has 5 N–H and O–H groups in total. The number of fused-ring (bicyclic) bond motifs is 1. The maximum absolute atomic E-state index is 12.9. The highest BCUT2D eigenvalue weighted by molar-refractivity contribution is 5.38. The molecule has 1 aliphatic heterocycles. The molecule has 0 amide bonds. The van der Waals surface area contributed by atoms with Crippen molar-refractivity contribution in [2.45, 2.75) is 114 Å². The van der Waals surface area contributed by atoms with Gasteiger partial charge >= 0.3 is 0 Å². The normalized spacial score (nSPS) is 30.1. The number of H-pyrrole nitrogens is 1. The summed E-state index contributed by atoms with van der Waals surface area (Å²) in [6, 6.07) is 0. The topological polar surface area (TPSA) is 141 Å². The van der Waals surface area contributed by atoms with Gasteiger partial charge in [0.05, 0.1) is 25.5 Å². The molecule has 194 valence electrons. The van der Waals surface area contributed by atoms with E-state index < -0.39 is 37.3 Å². The number of hydrogen-bond acceptors (Lipinski definition) is 8. The first-order valence-electron chi connectivity index (χ1n) is 12.5. The smallest absolute Gasteiger partial charge is 0.227 e. The molecule has 0 saturated carbocycles. The van der Waals surface area contributed by atoms with Gasteiger partial charge in [-0.2, -0.15) is 0 Å². The number of aliphatic hydroxyl groups is 4. The largest absolute Gasteiger partial charge is 0.491 e. The molecule has 1 aromatic rings. The number of aromatic nitrogens is 1. The molecule has 0 radical (unpaired) electrons. The molecular weight excluding hydrogens is 442 g/mol. The number of unbranched alkanes of at least 4 members (excludes halogenated alkanes) is 3. The lowest BCUT2D eigenvalue weighted by Gasteiger charge is -2.40. The van der Waals surface area contributed by atoms with Crippen LogP contribution in [0.5, 0.6) is 5.75 Å². The number of aromatic amines is 1. The molecule has 0 bridgehead atoms. The molecule has 1 unspecified atom stereocenters. The first kappa shape index (κ1) is 27.1. The second-order valence-electron chi connectivity index (χ2n) is 9.73. The number of rotatable bonds is 11. The number of pyridine rings is 1. The highest BCUT2D eigenvalue weighted by Gasteiger charge is 2.44. The van der Waals surface area contributed by atoms with Crippen molar-refractivity contribution in [1.82, 2.24) is 4.98 Å². The van der Waals surface area contributed by atoms with E-state index in [-0.39, 0.29) is 17.5 Å². The van der Waals surface area contributed by atoms with Gasteiger partial charge < -0.3 is 39.6 Å². The first-order chi connectivity index (χ1) is 16.3. The number of hydrogen-bond donors (Lipinski definition) is 5. The van der Waals surface area contributed by atoms with Crippen molar-refractivity contribution in [3.8, 4) is 5.75 Å². The van der Waals surface area contributed by atoms with Crippen molar-refractivity contribution in [3.63, 3.8) is 0 Å². The number of aryl methyl sites for hydroxylation is 2. The van der Waals surface area contributed by atoms with E-state index in [0.29, 0.717) is 5.75 Å². The summed E-state index contributed by atoms with van der Waals surface area (Å²) >= 11 is 0. The molecule has 9 heteroatoms. The zero-order valence-corrected chi connectivity index (χ0v) is 20.5. The summed E-state index contributed by atoms with van der Waals surface area (Å²) in [5.41, 5.74) is 2.82. The number of methoxy groups -OCH3 is 1. The molecule has 2 aliphatic rings. The maximum Gasteiger partial charge on any atom is 0.227 e. The molecule has 0 spiro atoms. The van der Waals surface area contributed by atoms with E-state index in [1.165, 1.54) is 0 Å². The van der Waals surface area contributed by atoms with Crippen molar-refractivity contribution in [2.75, 3.05) is 13.7 Å². The molecule has 7 atom stereocenters. The lowest BCUT2D eigenvalue weighted by Crippen LogP contribution is -2.59. The zero-order chi connectivity index (χ0) is 24.8. The molecular formula is C25H41NO8. The Morgan fingerprint density at radius 3 is 2.56 bits per heavy atom. The van der Waals surface area contributed by atoms with Gasteiger partial charge in [-0.15, -0.1) is 0 Å². The molecule has 2 heterocycles. The van der Waals surface area contributed by atoms with Crippen LogP contribution in [0.1, 0.15) is 81.2 Å². The van der Waals surface area contributed by atoms with E-state index in [9.17, 15) is 25.2 Å². The van der Waals surface area contributed by atoms with Gasteiger partial charge in [-0.25, -0.2) is 0 Å². The molecule has 9 nitrogen and oxygen atoms in total. The predicted octanol–water partition coefficient (Wildman–Crippen LogP) is 1.66. The summed E-state index contributed by atoms with van der Waals surface area (Å²) in [5.74, 6) is 0.703. The molecule has 1 fully saturated rings. The first-order valence-corrected chi connectivity index (χ1v) is 12.5. The standard InChI is InChI=1S/C25H41NO8/c1-14(33-25-23(31)22(30)20(28)18(13-27)34-25)9-6-4-5-7-10-16-11-8-12-17-19(16)21(29)24(32-3)15(2)26-17/h14,16,18,20,22-23,25,27-28,30-31H,4-13H2,1-3H3,(H,26,29)/t14?,16-,18+,20+,22-,23+,25+/m0/s1. The van der Waals surface area contributed by atoms with Crippen LogP contribution in [0.4, 0.5) is 0 Å². The van der Waals surface area contributed by atoms with E-state index in [0.717, 1.165) is 74.7 Å². The Morgan fingerprint density at radius 1 is 1.12 bits per heavy atom. The zero-order valence-electron chi connectivity index (χ0n) is 20.5. The Labute approximate surface area is 201 Å². The van der Waals surface area contributed by atoms with E-state index in [2.05, 4.69) is 4.98 Å². The lowest BCUT2D eigenvalue weighted by molar-refractivity contribution is -0.310. The summed E-state index contributed by atoms with van der Waals surface area (Å²) in [6.45, 7) is 3.29. The van der Waals surface area contributed by atoms with Crippen LogP contribution in [0.3, 0.4) is 0 Å². The van der Waals surface area contributed by atoms with Crippen LogP contribution in [0.15, 0.2) is 4.79 Å². The van der Waals surface area contributed by atoms with Crippen LogP contribution in [-0.4, -0.2) is 75.9 Å². The third kappa shape index (κ3) is 6.19. The summed E-state index contributed by atoms with van der Waals surface area (Å²) in [7, 11) is 1.55. The quantitative estimate of drug-likeness (QED) is 0.299. The van der Waals surface area contributed by atoms with Crippen molar-refractivity contribution in [1.29, 1.82) is 0 Å². The molecule has 1 aliphatic carbocycles. The third-order valence-corrected chi connectivity index (χ3v) is 7.17. The van der Waals surface area contributed by atoms with Crippen LogP contribution in [0.2, 0.25) is 0 Å². The average molecular weight is 484 g/mol. The van der Waals surface area contributed by atoms with Gasteiger partial charge in [0.1, 0.15) is 24.4 Å². The highest BCUT2D eigenvalue weighted by atomic mass is 16.7. The van der Waals surface area contributed by atoms with Gasteiger partial charge in [0, 0.05) is 11.3 Å². The van der Waals surface area contributed by atoms with Crippen molar-refractivity contribution >= 4 is 0 Å². The van der Waals surface area contributed by atoms with Crippen molar-refractivity contribution < 1.29 is 34.6 Å². The van der Waals surface area contributed by atoms with Gasteiger partial charge in [-0.1, -0.05) is 25.7 Å².